The van der Waals surface area contributed by atoms with E-state index in [1.807, 2.05) is 13.8 Å². The summed E-state index contributed by atoms with van der Waals surface area (Å²) in [6.45, 7) is 4.68. The van der Waals surface area contributed by atoms with Gasteiger partial charge >= 0.3 is 0 Å². The van der Waals surface area contributed by atoms with Gasteiger partial charge in [-0.2, -0.15) is 4.31 Å². The number of rotatable bonds is 4. The molecule has 0 aromatic carbocycles. The highest BCUT2D eigenvalue weighted by Crippen LogP contribution is 2.21. The van der Waals surface area contributed by atoms with Crippen LogP contribution in [0.3, 0.4) is 0 Å². The maximum Gasteiger partial charge on any atom is 0.260 e. The van der Waals surface area contributed by atoms with E-state index >= 15 is 0 Å². The van der Waals surface area contributed by atoms with Crippen LogP contribution in [-0.2, 0) is 21.2 Å². The monoisotopic (exact) mass is 288 g/mol. The van der Waals surface area contributed by atoms with Gasteiger partial charge in [-0.15, -0.1) is 0 Å². The van der Waals surface area contributed by atoms with Gasteiger partial charge in [0.1, 0.15) is 5.82 Å². The van der Waals surface area contributed by atoms with Gasteiger partial charge in [0.15, 0.2) is 5.03 Å². The summed E-state index contributed by atoms with van der Waals surface area (Å²) in [6, 6.07) is -0.207. The lowest BCUT2D eigenvalue weighted by Gasteiger charge is -2.36. The number of aromatic amines is 1. The second kappa shape index (κ2) is 5.58. The van der Waals surface area contributed by atoms with Gasteiger partial charge in [0.2, 0.25) is 0 Å². The Bertz CT molecular complexity index is 528. The van der Waals surface area contributed by atoms with Crippen LogP contribution in [0, 0.1) is 0 Å². The summed E-state index contributed by atoms with van der Waals surface area (Å²) >= 11 is 0. The Morgan fingerprint density at radius 3 is 2.95 bits per heavy atom. The highest BCUT2D eigenvalue weighted by Gasteiger charge is 2.36. The third kappa shape index (κ3) is 2.81. The number of aryl methyl sites for hydroxylation is 1. The predicted octanol–water partition coefficient (Wildman–Crippen LogP) is -0.291. The molecular formula is C11H20N4O3S. The van der Waals surface area contributed by atoms with E-state index in [0.29, 0.717) is 25.4 Å². The third-order valence-corrected chi connectivity index (χ3v) is 5.13. The molecule has 0 radical (unpaired) electrons. The Morgan fingerprint density at radius 2 is 2.37 bits per heavy atom. The number of hydrogen-bond donors (Lipinski definition) is 2. The molecule has 108 valence electrons. The van der Waals surface area contributed by atoms with Crippen LogP contribution in [-0.4, -0.2) is 54.5 Å². The van der Waals surface area contributed by atoms with Crippen molar-refractivity contribution in [3.05, 3.63) is 12.0 Å². The van der Waals surface area contributed by atoms with Crippen LogP contribution in [0.1, 0.15) is 19.7 Å². The summed E-state index contributed by atoms with van der Waals surface area (Å²) < 4.78 is 32.0. The lowest BCUT2D eigenvalue weighted by Crippen LogP contribution is -2.52. The first-order valence-corrected chi connectivity index (χ1v) is 7.80. The number of aromatic nitrogens is 2. The molecule has 19 heavy (non-hydrogen) atoms. The van der Waals surface area contributed by atoms with E-state index in [1.165, 1.54) is 10.5 Å². The molecule has 1 aromatic heterocycles. The summed E-state index contributed by atoms with van der Waals surface area (Å²) in [6.07, 6.45) is 1.78. The second-order valence-electron chi connectivity index (χ2n) is 4.66. The van der Waals surface area contributed by atoms with E-state index in [0.717, 1.165) is 0 Å². The zero-order valence-corrected chi connectivity index (χ0v) is 12.0. The average molecular weight is 288 g/mol. The number of nitrogens with one attached hydrogen (secondary N) is 1. The molecule has 7 nitrogen and oxygen atoms in total. The lowest BCUT2D eigenvalue weighted by molar-refractivity contribution is -0.0220. The minimum absolute atomic E-state index is 0.133. The molecule has 1 fully saturated rings. The normalized spacial score (nSPS) is 25.6. The van der Waals surface area contributed by atoms with Crippen molar-refractivity contribution in [3.8, 4) is 0 Å². The number of sulfonamides is 1. The van der Waals surface area contributed by atoms with Gasteiger partial charge in [-0.05, 0) is 6.92 Å². The second-order valence-corrected chi connectivity index (χ2v) is 6.52. The van der Waals surface area contributed by atoms with Crippen molar-refractivity contribution >= 4 is 10.0 Å². The molecule has 1 saturated heterocycles. The number of nitrogens with two attached hydrogens (primary N) is 1. The molecule has 1 aliphatic heterocycles. The first-order chi connectivity index (χ1) is 8.98. The zero-order valence-electron chi connectivity index (χ0n) is 11.2. The molecule has 1 aliphatic rings. The molecule has 3 N–H and O–H groups in total. The standard InChI is InChI=1S/C11H20N4O3S/c1-3-10-13-5-11(14-10)19(16,17)15-6-9(4-12)18-7-8(15)2/h5,8-9H,3-4,6-7,12H2,1-2H3,(H,13,14). The summed E-state index contributed by atoms with van der Waals surface area (Å²) in [4.78, 5) is 6.88. The van der Waals surface area contributed by atoms with Crippen LogP contribution in [0.25, 0.3) is 0 Å². The van der Waals surface area contributed by atoms with Crippen LogP contribution < -0.4 is 5.73 Å². The molecule has 0 spiro atoms. The van der Waals surface area contributed by atoms with E-state index < -0.39 is 10.0 Å². The van der Waals surface area contributed by atoms with Gasteiger partial charge in [0.25, 0.3) is 10.0 Å². The van der Waals surface area contributed by atoms with E-state index in [2.05, 4.69) is 9.97 Å². The van der Waals surface area contributed by atoms with Gasteiger partial charge in [0, 0.05) is 25.6 Å². The average Bonchev–Trinajstić information content (AvgIpc) is 2.88. The van der Waals surface area contributed by atoms with Crippen LogP contribution in [0.15, 0.2) is 11.2 Å². The number of nitrogens with zero attached hydrogens (tertiary/aromatic N) is 2. The zero-order chi connectivity index (χ0) is 14.0. The van der Waals surface area contributed by atoms with Crippen LogP contribution in [0.4, 0.5) is 0 Å². The first-order valence-electron chi connectivity index (χ1n) is 6.36. The van der Waals surface area contributed by atoms with Crippen LogP contribution in [0.2, 0.25) is 0 Å². The quantitative estimate of drug-likeness (QED) is 0.792. The maximum absolute atomic E-state index is 12.5. The Morgan fingerprint density at radius 1 is 1.63 bits per heavy atom. The maximum atomic E-state index is 12.5. The van der Waals surface area contributed by atoms with Gasteiger partial charge in [-0.3, -0.25) is 0 Å². The van der Waals surface area contributed by atoms with Gasteiger partial charge in [-0.25, -0.2) is 13.4 Å². The molecule has 0 aliphatic carbocycles. The number of ether oxygens (including phenoxy) is 1. The van der Waals surface area contributed by atoms with Crippen molar-refractivity contribution in [1.82, 2.24) is 14.3 Å². The SMILES string of the molecule is CCc1ncc(S(=O)(=O)N2CC(CN)OCC2C)[nH]1. The molecule has 2 heterocycles. The third-order valence-electron chi connectivity index (χ3n) is 3.24. The summed E-state index contributed by atoms with van der Waals surface area (Å²) in [5.41, 5.74) is 5.55. The summed E-state index contributed by atoms with van der Waals surface area (Å²) in [5.74, 6) is 0.662. The Labute approximate surface area is 113 Å². The molecule has 2 rings (SSSR count). The van der Waals surface area contributed by atoms with Crippen molar-refractivity contribution in [1.29, 1.82) is 0 Å². The van der Waals surface area contributed by atoms with E-state index in [1.54, 1.807) is 0 Å². The molecule has 8 heteroatoms. The van der Waals surface area contributed by atoms with Crippen LogP contribution in [0.5, 0.6) is 0 Å². The summed E-state index contributed by atoms with van der Waals surface area (Å²) in [5, 5.41) is 0.133. The topological polar surface area (TPSA) is 101 Å². The fourth-order valence-corrected chi connectivity index (χ4v) is 3.63. The van der Waals surface area contributed by atoms with Gasteiger partial charge in [0.05, 0.1) is 18.9 Å². The molecule has 0 saturated carbocycles. The van der Waals surface area contributed by atoms with Crippen molar-refractivity contribution in [2.24, 2.45) is 5.73 Å². The van der Waals surface area contributed by atoms with Gasteiger partial charge < -0.3 is 15.5 Å². The number of imidazole rings is 1. The van der Waals surface area contributed by atoms with Crippen molar-refractivity contribution in [2.45, 2.75) is 37.4 Å². The predicted molar refractivity (Wildman–Crippen MR) is 70.1 cm³/mol. The highest BCUT2D eigenvalue weighted by molar-refractivity contribution is 7.89. The fourth-order valence-electron chi connectivity index (χ4n) is 2.05. The smallest absolute Gasteiger partial charge is 0.260 e. The summed E-state index contributed by atoms with van der Waals surface area (Å²) in [7, 11) is -3.56. The molecule has 2 atom stereocenters. The first kappa shape index (κ1) is 14.4. The van der Waals surface area contributed by atoms with Gasteiger partial charge in [-0.1, -0.05) is 6.92 Å². The van der Waals surface area contributed by atoms with Crippen molar-refractivity contribution in [2.75, 3.05) is 19.7 Å². The molecule has 2 unspecified atom stereocenters. The largest absolute Gasteiger partial charge is 0.374 e. The number of hydrogen-bond acceptors (Lipinski definition) is 5. The van der Waals surface area contributed by atoms with E-state index in [9.17, 15) is 8.42 Å². The van der Waals surface area contributed by atoms with Crippen molar-refractivity contribution < 1.29 is 13.2 Å². The number of H-pyrrole nitrogens is 1. The Kier molecular flexibility index (Phi) is 4.24. The fraction of sp³-hybridized carbons (Fsp3) is 0.727. The lowest BCUT2D eigenvalue weighted by atomic mass is 10.2. The minimum Gasteiger partial charge on any atom is -0.374 e. The number of morpholine rings is 1. The van der Waals surface area contributed by atoms with Crippen molar-refractivity contribution in [3.63, 3.8) is 0 Å². The molecular weight excluding hydrogens is 268 g/mol. The van der Waals surface area contributed by atoms with E-state index in [-0.39, 0.29) is 23.7 Å². The molecule has 0 bridgehead atoms. The Hall–Kier alpha value is -0.960. The van der Waals surface area contributed by atoms with Crippen LogP contribution >= 0.6 is 0 Å². The Balaban J connectivity index is 2.26. The molecule has 0 amide bonds. The van der Waals surface area contributed by atoms with E-state index in [4.69, 9.17) is 10.5 Å². The highest BCUT2D eigenvalue weighted by atomic mass is 32.2. The minimum atomic E-state index is -3.56. The molecule has 1 aromatic rings.